The van der Waals surface area contributed by atoms with Crippen LogP contribution >= 0.6 is 0 Å². The molecule has 1 heterocycles. The van der Waals surface area contributed by atoms with E-state index in [1.165, 1.54) is 17.5 Å². The number of rotatable bonds is 5. The number of aromatic nitrogens is 3. The Morgan fingerprint density at radius 1 is 1.39 bits per heavy atom. The van der Waals surface area contributed by atoms with E-state index in [0.29, 0.717) is 5.92 Å². The number of benzene rings is 1. The lowest BCUT2D eigenvalue weighted by Gasteiger charge is -2.30. The zero-order valence-electron chi connectivity index (χ0n) is 10.6. The molecule has 18 heavy (non-hydrogen) atoms. The second-order valence-corrected chi connectivity index (χ2v) is 4.89. The van der Waals surface area contributed by atoms with Crippen molar-refractivity contribution in [2.24, 2.45) is 7.05 Å². The first-order valence-corrected chi connectivity index (χ1v) is 6.46. The van der Waals surface area contributed by atoms with Crippen molar-refractivity contribution >= 4 is 0 Å². The van der Waals surface area contributed by atoms with Crippen LogP contribution in [0.15, 0.2) is 30.6 Å². The van der Waals surface area contributed by atoms with E-state index in [-0.39, 0.29) is 0 Å². The van der Waals surface area contributed by atoms with E-state index in [4.69, 9.17) is 0 Å². The molecular weight excluding hydrogens is 224 g/mol. The van der Waals surface area contributed by atoms with E-state index in [1.54, 1.807) is 11.0 Å². The van der Waals surface area contributed by atoms with Crippen molar-refractivity contribution in [2.75, 3.05) is 13.1 Å². The Morgan fingerprint density at radius 3 is 3.06 bits per heavy atom. The normalized spacial score (nSPS) is 17.3. The van der Waals surface area contributed by atoms with Crippen LogP contribution in [0, 0.1) is 0 Å². The molecular formula is C14H18N4. The van der Waals surface area contributed by atoms with Crippen LogP contribution in [-0.4, -0.2) is 27.9 Å². The third kappa shape index (κ3) is 2.29. The van der Waals surface area contributed by atoms with E-state index in [1.807, 2.05) is 7.05 Å². The molecule has 3 rings (SSSR count). The van der Waals surface area contributed by atoms with Gasteiger partial charge >= 0.3 is 0 Å². The fourth-order valence-corrected chi connectivity index (χ4v) is 2.52. The Kier molecular flexibility index (Phi) is 3.11. The molecule has 0 amide bonds. The Labute approximate surface area is 107 Å². The molecule has 0 fully saturated rings. The number of aryl methyl sites for hydroxylation is 1. The number of nitrogens with zero attached hydrogens (tertiary/aromatic N) is 3. The number of nitrogens with one attached hydrogen (secondary N) is 1. The van der Waals surface area contributed by atoms with Gasteiger partial charge in [0, 0.05) is 32.5 Å². The molecule has 1 aromatic heterocycles. The van der Waals surface area contributed by atoms with Gasteiger partial charge in [0.2, 0.25) is 0 Å². The molecule has 1 aliphatic carbocycles. The molecule has 0 saturated carbocycles. The maximum atomic E-state index is 4.26. The van der Waals surface area contributed by atoms with Gasteiger partial charge in [-0.3, -0.25) is 4.68 Å². The maximum absolute atomic E-state index is 4.26. The minimum atomic E-state index is 0.692. The number of fused-ring (bicyclic) bond motifs is 1. The van der Waals surface area contributed by atoms with E-state index in [0.717, 1.165) is 25.3 Å². The summed E-state index contributed by atoms with van der Waals surface area (Å²) in [6.07, 6.45) is 3.86. The Morgan fingerprint density at radius 2 is 2.28 bits per heavy atom. The van der Waals surface area contributed by atoms with E-state index in [9.17, 15) is 0 Å². The van der Waals surface area contributed by atoms with Gasteiger partial charge in [-0.2, -0.15) is 5.10 Å². The largest absolute Gasteiger partial charge is 0.316 e. The summed E-state index contributed by atoms with van der Waals surface area (Å²) in [6.45, 7) is 2.01. The van der Waals surface area contributed by atoms with Crippen LogP contribution in [0.5, 0.6) is 0 Å². The fourth-order valence-electron chi connectivity index (χ4n) is 2.52. The minimum absolute atomic E-state index is 0.692. The van der Waals surface area contributed by atoms with Gasteiger partial charge in [0.05, 0.1) is 0 Å². The third-order valence-corrected chi connectivity index (χ3v) is 3.52. The molecule has 1 N–H and O–H groups in total. The van der Waals surface area contributed by atoms with Gasteiger partial charge in [0.25, 0.3) is 0 Å². The molecule has 2 aromatic rings. The van der Waals surface area contributed by atoms with Gasteiger partial charge in [-0.15, -0.1) is 0 Å². The molecule has 0 radical (unpaired) electrons. The fraction of sp³-hybridized carbons (Fsp3) is 0.429. The van der Waals surface area contributed by atoms with E-state index in [2.05, 4.69) is 39.7 Å². The van der Waals surface area contributed by atoms with Gasteiger partial charge in [-0.05, 0) is 17.5 Å². The molecule has 1 aliphatic rings. The van der Waals surface area contributed by atoms with Crippen LogP contribution < -0.4 is 5.32 Å². The van der Waals surface area contributed by atoms with Crippen LogP contribution in [0.1, 0.15) is 22.9 Å². The number of hydrogen-bond acceptors (Lipinski definition) is 3. The van der Waals surface area contributed by atoms with Crippen LogP contribution in [0.3, 0.4) is 0 Å². The van der Waals surface area contributed by atoms with E-state index < -0.39 is 0 Å². The van der Waals surface area contributed by atoms with Crippen molar-refractivity contribution in [2.45, 2.75) is 18.8 Å². The van der Waals surface area contributed by atoms with Crippen LogP contribution in [0.25, 0.3) is 0 Å². The quantitative estimate of drug-likeness (QED) is 0.803. The van der Waals surface area contributed by atoms with Crippen molar-refractivity contribution in [1.29, 1.82) is 0 Å². The van der Waals surface area contributed by atoms with Crippen molar-refractivity contribution in [1.82, 2.24) is 20.1 Å². The first-order chi connectivity index (χ1) is 8.83. The van der Waals surface area contributed by atoms with Gasteiger partial charge < -0.3 is 5.32 Å². The summed E-state index contributed by atoms with van der Waals surface area (Å²) in [6, 6.07) is 8.72. The topological polar surface area (TPSA) is 42.7 Å². The summed E-state index contributed by atoms with van der Waals surface area (Å²) in [7, 11) is 1.90. The zero-order valence-corrected chi connectivity index (χ0v) is 10.6. The molecule has 94 valence electrons. The van der Waals surface area contributed by atoms with Crippen molar-refractivity contribution in [3.8, 4) is 0 Å². The summed E-state index contributed by atoms with van der Waals surface area (Å²) >= 11 is 0. The molecule has 0 aliphatic heterocycles. The Hall–Kier alpha value is -1.68. The predicted octanol–water partition coefficient (Wildman–Crippen LogP) is 1.29. The third-order valence-electron chi connectivity index (χ3n) is 3.52. The van der Waals surface area contributed by atoms with Crippen LogP contribution in [0.2, 0.25) is 0 Å². The lowest BCUT2D eigenvalue weighted by Crippen LogP contribution is -2.30. The minimum Gasteiger partial charge on any atom is -0.316 e. The number of hydrogen-bond donors (Lipinski definition) is 1. The van der Waals surface area contributed by atoms with Crippen molar-refractivity contribution < 1.29 is 0 Å². The smallest absolute Gasteiger partial charge is 0.151 e. The van der Waals surface area contributed by atoms with Crippen molar-refractivity contribution in [3.63, 3.8) is 0 Å². The summed E-state index contributed by atoms with van der Waals surface area (Å²) in [5.74, 6) is 1.61. The highest BCUT2D eigenvalue weighted by molar-refractivity contribution is 5.40. The molecule has 4 heteroatoms. The lowest BCUT2D eigenvalue weighted by atomic mass is 9.77. The molecule has 1 atom stereocenters. The van der Waals surface area contributed by atoms with Crippen molar-refractivity contribution in [3.05, 3.63) is 47.5 Å². The second-order valence-electron chi connectivity index (χ2n) is 4.89. The average Bonchev–Trinajstić information content (AvgIpc) is 2.75. The van der Waals surface area contributed by atoms with E-state index >= 15 is 0 Å². The first-order valence-electron chi connectivity index (χ1n) is 6.46. The van der Waals surface area contributed by atoms with Gasteiger partial charge in [-0.25, -0.2) is 4.98 Å². The molecule has 0 bridgehead atoms. The summed E-state index contributed by atoms with van der Waals surface area (Å²) in [5, 5.41) is 7.76. The molecule has 0 spiro atoms. The molecule has 0 saturated heterocycles. The molecule has 1 aromatic carbocycles. The predicted molar refractivity (Wildman–Crippen MR) is 70.5 cm³/mol. The molecule has 1 unspecified atom stereocenters. The highest BCUT2D eigenvalue weighted by Gasteiger charge is 2.24. The summed E-state index contributed by atoms with van der Waals surface area (Å²) in [5.41, 5.74) is 3.02. The summed E-state index contributed by atoms with van der Waals surface area (Å²) < 4.78 is 1.75. The maximum Gasteiger partial charge on any atom is 0.151 e. The molecule has 4 nitrogen and oxygen atoms in total. The SMILES string of the molecule is Cn1cnc(CCNCC2Cc3ccccc32)n1. The summed E-state index contributed by atoms with van der Waals surface area (Å²) in [4.78, 5) is 4.21. The van der Waals surface area contributed by atoms with Gasteiger partial charge in [0.15, 0.2) is 5.82 Å². The Balaban J connectivity index is 1.42. The highest BCUT2D eigenvalue weighted by atomic mass is 15.3. The average molecular weight is 242 g/mol. The van der Waals surface area contributed by atoms with Crippen LogP contribution in [-0.2, 0) is 19.9 Å². The second kappa shape index (κ2) is 4.90. The zero-order chi connectivity index (χ0) is 12.4. The lowest BCUT2D eigenvalue weighted by molar-refractivity contribution is 0.534. The first kappa shape index (κ1) is 11.4. The van der Waals surface area contributed by atoms with Gasteiger partial charge in [0.1, 0.15) is 6.33 Å². The standard InChI is InChI=1S/C14H18N4/c1-18-10-16-14(17-18)6-7-15-9-12-8-11-4-2-3-5-13(11)12/h2-5,10,12,15H,6-9H2,1H3. The Bertz CT molecular complexity index is 532. The monoisotopic (exact) mass is 242 g/mol. The van der Waals surface area contributed by atoms with Crippen LogP contribution in [0.4, 0.5) is 0 Å². The highest BCUT2D eigenvalue weighted by Crippen LogP contribution is 2.33. The van der Waals surface area contributed by atoms with Gasteiger partial charge in [-0.1, -0.05) is 24.3 Å².